The molecule has 0 radical (unpaired) electrons. The molecule has 4 rings (SSSR count). The molecular weight excluding hydrogens is 347 g/mol. The van der Waals surface area contributed by atoms with E-state index in [2.05, 4.69) is 135 Å². The molecular formula is C28H26B-. The van der Waals surface area contributed by atoms with Crippen molar-refractivity contribution < 1.29 is 0 Å². The summed E-state index contributed by atoms with van der Waals surface area (Å²) in [4.78, 5) is 0. The Hall–Kier alpha value is -3.32. The summed E-state index contributed by atoms with van der Waals surface area (Å²) in [5.74, 6) is 0. The average Bonchev–Trinajstić information content (AvgIpc) is 2.77. The molecule has 29 heavy (non-hydrogen) atoms. The largest absolute Gasteiger partial charge is 0.195 e. The van der Waals surface area contributed by atoms with Gasteiger partial charge in [-0.2, -0.15) is 21.9 Å². The maximum absolute atomic E-state index is 2.31. The van der Waals surface area contributed by atoms with Gasteiger partial charge in [0.15, 0.2) is 0 Å². The topological polar surface area (TPSA) is 0 Å². The SMILES string of the molecule is CC(C)=Cc1ccc([B-](c2ccccc2)(c2ccccc2)c2ccccc2)cc1. The third kappa shape index (κ3) is 3.69. The van der Waals surface area contributed by atoms with Crippen molar-refractivity contribution >= 4 is 34.1 Å². The molecule has 0 aliphatic rings. The zero-order valence-corrected chi connectivity index (χ0v) is 17.1. The minimum Gasteiger partial charge on any atom is -0.195 e. The molecule has 0 heterocycles. The third-order valence-corrected chi connectivity index (χ3v) is 5.79. The summed E-state index contributed by atoms with van der Waals surface area (Å²) >= 11 is 0. The lowest BCUT2D eigenvalue weighted by Crippen LogP contribution is -2.74. The molecule has 0 fully saturated rings. The van der Waals surface area contributed by atoms with Crippen LogP contribution in [0.15, 0.2) is 121 Å². The predicted molar refractivity (Wildman–Crippen MR) is 129 cm³/mol. The molecule has 0 spiro atoms. The summed E-state index contributed by atoms with van der Waals surface area (Å²) in [5.41, 5.74) is 7.88. The van der Waals surface area contributed by atoms with Crippen LogP contribution in [0, 0.1) is 0 Å². The van der Waals surface area contributed by atoms with E-state index in [1.54, 1.807) is 0 Å². The molecule has 142 valence electrons. The fraction of sp³-hybridized carbons (Fsp3) is 0.0714. The average molecular weight is 373 g/mol. The molecule has 0 N–H and O–H groups in total. The Morgan fingerprint density at radius 3 is 1.17 bits per heavy atom. The molecule has 0 atom stereocenters. The summed E-state index contributed by atoms with van der Waals surface area (Å²) in [5, 5.41) is 0. The van der Waals surface area contributed by atoms with Gasteiger partial charge in [-0.3, -0.25) is 0 Å². The Kier molecular flexibility index (Phi) is 5.49. The highest BCUT2D eigenvalue weighted by Crippen LogP contribution is 2.11. The summed E-state index contributed by atoms with van der Waals surface area (Å²) in [6.45, 7) is 4.28. The van der Waals surface area contributed by atoms with Crippen molar-refractivity contribution in [2.75, 3.05) is 0 Å². The van der Waals surface area contributed by atoms with Gasteiger partial charge in [-0.1, -0.05) is 127 Å². The van der Waals surface area contributed by atoms with Gasteiger partial charge in [-0.15, -0.1) is 0 Å². The molecule has 4 aromatic carbocycles. The zero-order valence-electron chi connectivity index (χ0n) is 17.1. The van der Waals surface area contributed by atoms with E-state index < -0.39 is 6.15 Å². The third-order valence-electron chi connectivity index (χ3n) is 5.79. The second-order valence-corrected chi connectivity index (χ2v) is 7.99. The Balaban J connectivity index is 2.04. The first-order valence-corrected chi connectivity index (χ1v) is 10.3. The molecule has 0 saturated heterocycles. The van der Waals surface area contributed by atoms with Gasteiger partial charge < -0.3 is 0 Å². The first kappa shape index (κ1) is 19.0. The molecule has 0 nitrogen and oxygen atoms in total. The van der Waals surface area contributed by atoms with Crippen LogP contribution in [0.4, 0.5) is 0 Å². The molecule has 0 aromatic heterocycles. The van der Waals surface area contributed by atoms with Gasteiger partial charge in [-0.05, 0) is 19.4 Å². The second kappa shape index (κ2) is 8.37. The molecule has 0 bridgehead atoms. The lowest BCUT2D eigenvalue weighted by molar-refractivity contribution is 1.42. The maximum Gasteiger partial charge on any atom is 0.108 e. The lowest BCUT2D eigenvalue weighted by atomic mass is 9.13. The predicted octanol–water partition coefficient (Wildman–Crippen LogP) is 4.49. The minimum atomic E-state index is -1.27. The number of hydrogen-bond donors (Lipinski definition) is 0. The van der Waals surface area contributed by atoms with E-state index in [0.29, 0.717) is 0 Å². The Morgan fingerprint density at radius 1 is 0.483 bits per heavy atom. The molecule has 0 amide bonds. The molecule has 0 aliphatic heterocycles. The number of hydrogen-bond acceptors (Lipinski definition) is 0. The van der Waals surface area contributed by atoms with Crippen LogP contribution in [-0.2, 0) is 0 Å². The van der Waals surface area contributed by atoms with Crippen molar-refractivity contribution in [3.8, 4) is 0 Å². The van der Waals surface area contributed by atoms with Gasteiger partial charge in [-0.25, -0.2) is 0 Å². The van der Waals surface area contributed by atoms with Crippen molar-refractivity contribution in [3.05, 3.63) is 126 Å². The Labute approximate surface area is 174 Å². The summed E-state index contributed by atoms with van der Waals surface area (Å²) in [7, 11) is 0. The minimum absolute atomic E-state index is 1.24. The van der Waals surface area contributed by atoms with Crippen molar-refractivity contribution in [3.63, 3.8) is 0 Å². The highest BCUT2D eigenvalue weighted by Gasteiger charge is 2.31. The van der Waals surface area contributed by atoms with Crippen LogP contribution in [0.25, 0.3) is 6.08 Å². The van der Waals surface area contributed by atoms with E-state index >= 15 is 0 Å². The van der Waals surface area contributed by atoms with Crippen LogP contribution in [0.5, 0.6) is 0 Å². The van der Waals surface area contributed by atoms with E-state index in [9.17, 15) is 0 Å². The summed E-state index contributed by atoms with van der Waals surface area (Å²) in [6, 6.07) is 41.9. The monoisotopic (exact) mass is 373 g/mol. The van der Waals surface area contributed by atoms with Crippen LogP contribution in [0.2, 0.25) is 0 Å². The van der Waals surface area contributed by atoms with Crippen molar-refractivity contribution in [2.24, 2.45) is 0 Å². The number of benzene rings is 4. The van der Waals surface area contributed by atoms with E-state index in [1.165, 1.54) is 33.0 Å². The van der Waals surface area contributed by atoms with Gasteiger partial charge >= 0.3 is 0 Å². The molecule has 0 unspecified atom stereocenters. The van der Waals surface area contributed by atoms with Crippen LogP contribution in [0.3, 0.4) is 0 Å². The highest BCUT2D eigenvalue weighted by atomic mass is 14.1. The maximum atomic E-state index is 2.31. The highest BCUT2D eigenvalue weighted by molar-refractivity contribution is 7.19. The van der Waals surface area contributed by atoms with Gasteiger partial charge in [0.2, 0.25) is 0 Å². The molecule has 4 aromatic rings. The first-order chi connectivity index (χ1) is 14.2. The fourth-order valence-corrected chi connectivity index (χ4v) is 4.59. The van der Waals surface area contributed by atoms with E-state index in [1.807, 2.05) is 0 Å². The lowest BCUT2D eigenvalue weighted by Gasteiger charge is -2.44. The van der Waals surface area contributed by atoms with Crippen LogP contribution in [-0.4, -0.2) is 6.15 Å². The van der Waals surface area contributed by atoms with E-state index in [-0.39, 0.29) is 0 Å². The van der Waals surface area contributed by atoms with Crippen LogP contribution in [0.1, 0.15) is 19.4 Å². The van der Waals surface area contributed by atoms with Gasteiger partial charge in [0.05, 0.1) is 0 Å². The second-order valence-electron chi connectivity index (χ2n) is 7.99. The van der Waals surface area contributed by atoms with Crippen molar-refractivity contribution in [2.45, 2.75) is 13.8 Å². The molecule has 0 aliphatic carbocycles. The summed E-state index contributed by atoms with van der Waals surface area (Å²) < 4.78 is 0. The molecule has 1 heteroatoms. The molecule has 0 saturated carbocycles. The quantitative estimate of drug-likeness (QED) is 0.453. The van der Waals surface area contributed by atoms with E-state index in [0.717, 1.165) is 0 Å². The Bertz CT molecular complexity index is 979. The van der Waals surface area contributed by atoms with Gasteiger partial charge in [0, 0.05) is 0 Å². The van der Waals surface area contributed by atoms with Crippen molar-refractivity contribution in [1.29, 1.82) is 0 Å². The standard InChI is InChI=1S/C28H26B/c1-23(2)22-24-18-20-28(21-19-24)29(25-12-6-3-7-13-25,26-14-8-4-9-15-26)27-16-10-5-11-17-27/h3-22H,1-2H3/q-1. The zero-order chi connectivity index (χ0) is 20.1. The van der Waals surface area contributed by atoms with Crippen LogP contribution < -0.4 is 21.9 Å². The van der Waals surface area contributed by atoms with Crippen molar-refractivity contribution in [1.82, 2.24) is 0 Å². The van der Waals surface area contributed by atoms with Gasteiger partial charge in [0.25, 0.3) is 0 Å². The smallest absolute Gasteiger partial charge is 0.108 e. The normalized spacial score (nSPS) is 11.1. The first-order valence-electron chi connectivity index (χ1n) is 10.3. The van der Waals surface area contributed by atoms with Gasteiger partial charge in [0.1, 0.15) is 6.15 Å². The number of rotatable bonds is 5. The summed E-state index contributed by atoms with van der Waals surface area (Å²) in [6.07, 6.45) is 0.953. The van der Waals surface area contributed by atoms with Crippen LogP contribution >= 0.6 is 0 Å². The number of allylic oxidation sites excluding steroid dienone is 1. The Morgan fingerprint density at radius 2 is 0.828 bits per heavy atom. The van der Waals surface area contributed by atoms with E-state index in [4.69, 9.17) is 0 Å². The fourth-order valence-electron chi connectivity index (χ4n) is 4.59.